The molecule has 0 radical (unpaired) electrons. The van der Waals surface area contributed by atoms with E-state index in [0.29, 0.717) is 32.4 Å². The zero-order valence-electron chi connectivity index (χ0n) is 17.5. The minimum atomic E-state index is -3.08. The lowest BCUT2D eigenvalue weighted by atomic mass is 9.89. The van der Waals surface area contributed by atoms with E-state index in [4.69, 9.17) is 4.74 Å². The van der Waals surface area contributed by atoms with Crippen LogP contribution < -0.4 is 16.0 Å². The SMILES string of the molecule is CC(C)[C@H](NC(=O)NCc1ccccc1)C(=O)N[C@H]1CCO[C@@]2(CCS(=O)(=O)C2)C1. The molecule has 3 atom stereocenters. The van der Waals surface area contributed by atoms with Crippen LogP contribution >= 0.6 is 0 Å². The average molecular weight is 438 g/mol. The number of carbonyl (C=O) groups is 2. The molecule has 1 aromatic rings. The first-order valence-electron chi connectivity index (χ1n) is 10.4. The number of nitrogens with one attached hydrogen (secondary N) is 3. The van der Waals surface area contributed by atoms with Crippen molar-refractivity contribution >= 4 is 21.8 Å². The molecule has 166 valence electrons. The van der Waals surface area contributed by atoms with Gasteiger partial charge in [-0.15, -0.1) is 0 Å². The molecule has 2 fully saturated rings. The van der Waals surface area contributed by atoms with Gasteiger partial charge < -0.3 is 20.7 Å². The molecule has 2 heterocycles. The maximum atomic E-state index is 12.9. The number of benzene rings is 1. The van der Waals surface area contributed by atoms with E-state index in [1.807, 2.05) is 44.2 Å². The Bertz CT molecular complexity index is 859. The number of hydrogen-bond acceptors (Lipinski definition) is 5. The predicted molar refractivity (Wildman–Crippen MR) is 114 cm³/mol. The second kappa shape index (κ2) is 9.34. The Morgan fingerprint density at radius 1 is 1.23 bits per heavy atom. The van der Waals surface area contributed by atoms with Gasteiger partial charge in [0.05, 0.1) is 17.1 Å². The summed E-state index contributed by atoms with van der Waals surface area (Å²) in [5, 5.41) is 8.54. The van der Waals surface area contributed by atoms with Gasteiger partial charge in [-0.05, 0) is 30.7 Å². The van der Waals surface area contributed by atoms with Crippen molar-refractivity contribution in [1.82, 2.24) is 16.0 Å². The Balaban J connectivity index is 1.54. The van der Waals surface area contributed by atoms with Crippen molar-refractivity contribution in [3.63, 3.8) is 0 Å². The number of amides is 3. The van der Waals surface area contributed by atoms with Crippen LogP contribution in [-0.4, -0.2) is 56.2 Å². The molecule has 0 aliphatic carbocycles. The highest BCUT2D eigenvalue weighted by Gasteiger charge is 2.47. The normalized spacial score (nSPS) is 26.3. The third-order valence-corrected chi connectivity index (χ3v) is 7.51. The summed E-state index contributed by atoms with van der Waals surface area (Å²) in [4.78, 5) is 25.2. The average Bonchev–Trinajstić information content (AvgIpc) is 2.98. The van der Waals surface area contributed by atoms with Gasteiger partial charge >= 0.3 is 6.03 Å². The summed E-state index contributed by atoms with van der Waals surface area (Å²) in [5.74, 6) is -0.221. The van der Waals surface area contributed by atoms with E-state index in [0.717, 1.165) is 5.56 Å². The van der Waals surface area contributed by atoms with Gasteiger partial charge in [0.1, 0.15) is 6.04 Å². The quantitative estimate of drug-likeness (QED) is 0.622. The van der Waals surface area contributed by atoms with Crippen LogP contribution in [0.1, 0.15) is 38.7 Å². The van der Waals surface area contributed by atoms with Crippen molar-refractivity contribution in [3.8, 4) is 0 Å². The first kappa shape index (κ1) is 22.6. The fourth-order valence-corrected chi connectivity index (χ4v) is 6.08. The molecule has 0 bridgehead atoms. The van der Waals surface area contributed by atoms with Crippen LogP contribution in [0.4, 0.5) is 4.79 Å². The highest BCUT2D eigenvalue weighted by Crippen LogP contribution is 2.35. The van der Waals surface area contributed by atoms with Gasteiger partial charge in [0.25, 0.3) is 0 Å². The second-order valence-electron chi connectivity index (χ2n) is 8.61. The summed E-state index contributed by atoms with van der Waals surface area (Å²) in [7, 11) is -3.08. The Hall–Kier alpha value is -2.13. The molecule has 2 saturated heterocycles. The highest BCUT2D eigenvalue weighted by atomic mass is 32.2. The number of urea groups is 1. The first-order chi connectivity index (χ1) is 14.2. The molecule has 1 aromatic carbocycles. The van der Waals surface area contributed by atoms with E-state index >= 15 is 0 Å². The third-order valence-electron chi connectivity index (χ3n) is 5.72. The molecular weight excluding hydrogens is 406 g/mol. The molecule has 3 N–H and O–H groups in total. The van der Waals surface area contributed by atoms with Crippen molar-refractivity contribution in [3.05, 3.63) is 35.9 Å². The zero-order valence-corrected chi connectivity index (χ0v) is 18.3. The van der Waals surface area contributed by atoms with Crippen LogP contribution in [0, 0.1) is 5.92 Å². The fourth-order valence-electron chi connectivity index (χ4n) is 4.11. The van der Waals surface area contributed by atoms with E-state index in [1.54, 1.807) is 0 Å². The van der Waals surface area contributed by atoms with Gasteiger partial charge in [0, 0.05) is 19.2 Å². The fraction of sp³-hybridized carbons (Fsp3) is 0.619. The summed E-state index contributed by atoms with van der Waals surface area (Å²) in [5.41, 5.74) is 0.278. The predicted octanol–water partition coefficient (Wildman–Crippen LogP) is 1.36. The summed E-state index contributed by atoms with van der Waals surface area (Å²) in [6, 6.07) is 8.27. The van der Waals surface area contributed by atoms with Crippen LogP contribution in [0.3, 0.4) is 0 Å². The van der Waals surface area contributed by atoms with Crippen LogP contribution in [0.5, 0.6) is 0 Å². The molecular formula is C21H31N3O5S. The number of ether oxygens (including phenoxy) is 1. The molecule has 0 saturated carbocycles. The van der Waals surface area contributed by atoms with Gasteiger partial charge in [0.15, 0.2) is 9.84 Å². The number of hydrogen-bond donors (Lipinski definition) is 3. The molecule has 30 heavy (non-hydrogen) atoms. The van der Waals surface area contributed by atoms with E-state index < -0.39 is 27.5 Å². The van der Waals surface area contributed by atoms with Crippen LogP contribution in [0.2, 0.25) is 0 Å². The Morgan fingerprint density at radius 3 is 2.60 bits per heavy atom. The van der Waals surface area contributed by atoms with Crippen LogP contribution in [0.15, 0.2) is 30.3 Å². The second-order valence-corrected chi connectivity index (χ2v) is 10.8. The lowest BCUT2D eigenvalue weighted by Crippen LogP contribution is -2.56. The molecule has 8 nitrogen and oxygen atoms in total. The smallest absolute Gasteiger partial charge is 0.315 e. The minimum absolute atomic E-state index is 0.0140. The molecule has 0 unspecified atom stereocenters. The lowest BCUT2D eigenvalue weighted by Gasteiger charge is -2.38. The van der Waals surface area contributed by atoms with E-state index in [-0.39, 0.29) is 29.4 Å². The monoisotopic (exact) mass is 437 g/mol. The number of sulfone groups is 1. The lowest BCUT2D eigenvalue weighted by molar-refractivity contribution is -0.127. The summed E-state index contributed by atoms with van der Waals surface area (Å²) in [6.07, 6.45) is 1.57. The standard InChI is InChI=1S/C21H31N3O5S/c1-15(2)18(24-20(26)22-13-16-6-4-3-5-7-16)19(25)23-17-8-10-29-21(12-17)9-11-30(27,28)14-21/h3-7,15,17-18H,8-14H2,1-2H3,(H,23,25)(H2,22,24,26)/t17-,18-,21-/m0/s1. The Labute approximate surface area is 178 Å². The zero-order chi connectivity index (χ0) is 21.8. The number of rotatable bonds is 6. The highest BCUT2D eigenvalue weighted by molar-refractivity contribution is 7.91. The molecule has 3 amide bonds. The van der Waals surface area contributed by atoms with Crippen molar-refractivity contribution in [2.45, 2.75) is 57.3 Å². The molecule has 0 aromatic heterocycles. The number of carbonyl (C=O) groups excluding carboxylic acids is 2. The van der Waals surface area contributed by atoms with Crippen molar-refractivity contribution in [2.24, 2.45) is 5.92 Å². The molecule has 1 spiro atoms. The largest absolute Gasteiger partial charge is 0.374 e. The maximum Gasteiger partial charge on any atom is 0.315 e. The van der Waals surface area contributed by atoms with Gasteiger partial charge in [-0.3, -0.25) is 4.79 Å². The van der Waals surface area contributed by atoms with Gasteiger partial charge in [-0.25, -0.2) is 13.2 Å². The summed E-state index contributed by atoms with van der Waals surface area (Å²) < 4.78 is 29.6. The molecule has 9 heteroatoms. The van der Waals surface area contributed by atoms with E-state index in [2.05, 4.69) is 16.0 Å². The van der Waals surface area contributed by atoms with Crippen molar-refractivity contribution in [2.75, 3.05) is 18.1 Å². The van der Waals surface area contributed by atoms with Crippen LogP contribution in [-0.2, 0) is 25.9 Å². The first-order valence-corrected chi connectivity index (χ1v) is 12.2. The third kappa shape index (κ3) is 5.95. The van der Waals surface area contributed by atoms with Crippen molar-refractivity contribution < 1.29 is 22.7 Å². The molecule has 2 aliphatic rings. The summed E-state index contributed by atoms with van der Waals surface area (Å²) >= 11 is 0. The van der Waals surface area contributed by atoms with Gasteiger partial charge in [0.2, 0.25) is 5.91 Å². The summed E-state index contributed by atoms with van der Waals surface area (Å²) in [6.45, 7) is 4.53. The van der Waals surface area contributed by atoms with Crippen molar-refractivity contribution in [1.29, 1.82) is 0 Å². The van der Waals surface area contributed by atoms with Gasteiger partial charge in [-0.2, -0.15) is 0 Å². The Kier molecular flexibility index (Phi) is 7.02. The van der Waals surface area contributed by atoms with Gasteiger partial charge in [-0.1, -0.05) is 44.2 Å². The maximum absolute atomic E-state index is 12.9. The molecule has 2 aliphatic heterocycles. The Morgan fingerprint density at radius 2 is 1.97 bits per heavy atom. The molecule has 3 rings (SSSR count). The van der Waals surface area contributed by atoms with E-state index in [9.17, 15) is 18.0 Å². The van der Waals surface area contributed by atoms with Crippen LogP contribution in [0.25, 0.3) is 0 Å². The minimum Gasteiger partial charge on any atom is -0.374 e. The van der Waals surface area contributed by atoms with E-state index in [1.165, 1.54) is 0 Å². The topological polar surface area (TPSA) is 114 Å².